The first-order chi connectivity index (χ1) is 9.01. The van der Waals surface area contributed by atoms with E-state index in [4.69, 9.17) is 0 Å². The predicted octanol–water partition coefficient (Wildman–Crippen LogP) is 3.16. The number of nitrogens with zero attached hydrogens (tertiary/aromatic N) is 2. The predicted molar refractivity (Wildman–Crippen MR) is 75.3 cm³/mol. The number of benzene rings is 1. The Morgan fingerprint density at radius 2 is 2.16 bits per heavy atom. The maximum absolute atomic E-state index is 13.2. The maximum Gasteiger partial charge on any atom is 0.123 e. The van der Waals surface area contributed by atoms with Crippen LogP contribution in [0, 0.1) is 5.82 Å². The van der Waals surface area contributed by atoms with Gasteiger partial charge in [-0.15, -0.1) is 0 Å². The van der Waals surface area contributed by atoms with Crippen molar-refractivity contribution in [3.63, 3.8) is 0 Å². The van der Waals surface area contributed by atoms with Gasteiger partial charge >= 0.3 is 0 Å². The highest BCUT2D eigenvalue weighted by Gasteiger charge is 2.15. The van der Waals surface area contributed by atoms with Crippen LogP contribution in [0.1, 0.15) is 30.0 Å². The van der Waals surface area contributed by atoms with Crippen LogP contribution in [0.25, 0.3) is 0 Å². The summed E-state index contributed by atoms with van der Waals surface area (Å²) >= 11 is 3.33. The Kier molecular flexibility index (Phi) is 4.37. The number of aryl methyl sites for hydroxylation is 2. The molecule has 0 radical (unpaired) electrons. The summed E-state index contributed by atoms with van der Waals surface area (Å²) in [5, 5.41) is 14.6. The number of rotatable bonds is 4. The van der Waals surface area contributed by atoms with Gasteiger partial charge in [0.1, 0.15) is 5.82 Å². The third-order valence-corrected chi connectivity index (χ3v) is 3.83. The number of aliphatic hydroxyl groups is 1. The second-order valence-corrected chi connectivity index (χ2v) is 5.34. The van der Waals surface area contributed by atoms with Crippen LogP contribution in [0.3, 0.4) is 0 Å². The smallest absolute Gasteiger partial charge is 0.123 e. The Morgan fingerprint density at radius 1 is 1.42 bits per heavy atom. The van der Waals surface area contributed by atoms with E-state index in [0.29, 0.717) is 16.5 Å². The minimum Gasteiger partial charge on any atom is -0.388 e. The first kappa shape index (κ1) is 14.2. The van der Waals surface area contributed by atoms with Gasteiger partial charge in [-0.05, 0) is 36.2 Å². The Bertz CT molecular complexity index is 583. The monoisotopic (exact) mass is 326 g/mol. The Balaban J connectivity index is 2.22. The van der Waals surface area contributed by atoms with E-state index in [1.807, 2.05) is 20.0 Å². The molecule has 0 saturated carbocycles. The van der Waals surface area contributed by atoms with Gasteiger partial charge in [-0.25, -0.2) is 4.39 Å². The normalized spacial score (nSPS) is 12.7. The molecule has 0 aliphatic rings. The van der Waals surface area contributed by atoms with Gasteiger partial charge in [-0.2, -0.15) is 5.10 Å². The fraction of sp³-hybridized carbons (Fsp3) is 0.357. The van der Waals surface area contributed by atoms with Gasteiger partial charge in [-0.1, -0.05) is 22.9 Å². The first-order valence-electron chi connectivity index (χ1n) is 6.16. The van der Waals surface area contributed by atoms with Crippen LogP contribution >= 0.6 is 15.9 Å². The molecule has 0 spiro atoms. The molecule has 1 N–H and O–H groups in total. The SMILES string of the molecule is CCc1cc(CC(O)c2cc(F)ccc2Br)n(C)n1. The lowest BCUT2D eigenvalue weighted by Crippen LogP contribution is -2.07. The van der Waals surface area contributed by atoms with Crippen LogP contribution in [0.4, 0.5) is 4.39 Å². The molecule has 2 rings (SSSR count). The molecule has 1 unspecified atom stereocenters. The fourth-order valence-corrected chi connectivity index (χ4v) is 2.52. The molecule has 1 aromatic heterocycles. The van der Waals surface area contributed by atoms with Crippen molar-refractivity contribution in [1.82, 2.24) is 9.78 Å². The summed E-state index contributed by atoms with van der Waals surface area (Å²) in [6.07, 6.45) is 0.504. The van der Waals surface area contributed by atoms with Crippen LogP contribution in [-0.2, 0) is 19.9 Å². The quantitative estimate of drug-likeness (QED) is 0.937. The van der Waals surface area contributed by atoms with Gasteiger partial charge in [0, 0.05) is 23.6 Å². The molecule has 0 fully saturated rings. The minimum atomic E-state index is -0.759. The van der Waals surface area contributed by atoms with Crippen molar-refractivity contribution in [2.75, 3.05) is 0 Å². The molecule has 19 heavy (non-hydrogen) atoms. The van der Waals surface area contributed by atoms with Gasteiger partial charge in [0.2, 0.25) is 0 Å². The lowest BCUT2D eigenvalue weighted by molar-refractivity contribution is 0.174. The number of halogens is 2. The van der Waals surface area contributed by atoms with Crippen molar-refractivity contribution in [2.24, 2.45) is 7.05 Å². The second kappa shape index (κ2) is 5.84. The molecular formula is C14H16BrFN2O. The molecule has 0 saturated heterocycles. The van der Waals surface area contributed by atoms with Crippen molar-refractivity contribution in [3.8, 4) is 0 Å². The van der Waals surface area contributed by atoms with Gasteiger partial charge in [0.25, 0.3) is 0 Å². The number of hydrogen-bond donors (Lipinski definition) is 1. The fourth-order valence-electron chi connectivity index (χ4n) is 2.01. The van der Waals surface area contributed by atoms with Crippen LogP contribution in [0.5, 0.6) is 0 Å². The van der Waals surface area contributed by atoms with Crippen LogP contribution < -0.4 is 0 Å². The van der Waals surface area contributed by atoms with Crippen LogP contribution in [0.15, 0.2) is 28.7 Å². The zero-order valence-corrected chi connectivity index (χ0v) is 12.5. The standard InChI is InChI=1S/C14H16BrFN2O/c1-3-10-7-11(18(2)17-10)8-14(19)12-6-9(16)4-5-13(12)15/h4-7,14,19H,3,8H2,1-2H3. The molecule has 1 heterocycles. The van der Waals surface area contributed by atoms with Crippen LogP contribution in [0.2, 0.25) is 0 Å². The number of aliphatic hydroxyl groups excluding tert-OH is 1. The van der Waals surface area contributed by atoms with E-state index < -0.39 is 6.10 Å². The summed E-state index contributed by atoms with van der Waals surface area (Å²) in [6.45, 7) is 2.03. The van der Waals surface area contributed by atoms with E-state index >= 15 is 0 Å². The van der Waals surface area contributed by atoms with Gasteiger partial charge < -0.3 is 5.11 Å². The molecule has 5 heteroatoms. The van der Waals surface area contributed by atoms with E-state index in [1.54, 1.807) is 10.7 Å². The summed E-state index contributed by atoms with van der Waals surface area (Å²) in [5.74, 6) is -0.350. The highest BCUT2D eigenvalue weighted by molar-refractivity contribution is 9.10. The molecule has 3 nitrogen and oxygen atoms in total. The van der Waals surface area contributed by atoms with Crippen LogP contribution in [-0.4, -0.2) is 14.9 Å². The van der Waals surface area contributed by atoms with Crippen molar-refractivity contribution in [1.29, 1.82) is 0 Å². The molecule has 2 aromatic rings. The van der Waals surface area contributed by atoms with E-state index in [1.165, 1.54) is 12.1 Å². The lowest BCUT2D eigenvalue weighted by atomic mass is 10.0. The Hall–Kier alpha value is -1.20. The van der Waals surface area contributed by atoms with E-state index in [2.05, 4.69) is 21.0 Å². The van der Waals surface area contributed by atoms with Gasteiger partial charge in [0.15, 0.2) is 0 Å². The minimum absolute atomic E-state index is 0.350. The third-order valence-electron chi connectivity index (χ3n) is 3.11. The average Bonchev–Trinajstić information content (AvgIpc) is 2.73. The van der Waals surface area contributed by atoms with E-state index in [-0.39, 0.29) is 5.82 Å². The van der Waals surface area contributed by atoms with E-state index in [9.17, 15) is 9.50 Å². The van der Waals surface area contributed by atoms with Crippen molar-refractivity contribution < 1.29 is 9.50 Å². The molecule has 1 atom stereocenters. The van der Waals surface area contributed by atoms with Crippen molar-refractivity contribution in [3.05, 3.63) is 51.5 Å². The highest BCUT2D eigenvalue weighted by Crippen LogP contribution is 2.27. The summed E-state index contributed by atoms with van der Waals surface area (Å²) in [4.78, 5) is 0. The largest absolute Gasteiger partial charge is 0.388 e. The zero-order chi connectivity index (χ0) is 14.0. The van der Waals surface area contributed by atoms with Gasteiger partial charge in [0.05, 0.1) is 11.8 Å². The van der Waals surface area contributed by atoms with Crippen molar-refractivity contribution >= 4 is 15.9 Å². The molecule has 1 aromatic carbocycles. The molecule has 102 valence electrons. The van der Waals surface area contributed by atoms with E-state index in [0.717, 1.165) is 17.8 Å². The third kappa shape index (κ3) is 3.22. The second-order valence-electron chi connectivity index (χ2n) is 4.49. The number of aromatic nitrogens is 2. The summed E-state index contributed by atoms with van der Waals surface area (Å²) in [5.41, 5.74) is 2.47. The average molecular weight is 327 g/mol. The molecule has 0 aliphatic heterocycles. The molecular weight excluding hydrogens is 311 g/mol. The van der Waals surface area contributed by atoms with Gasteiger partial charge in [-0.3, -0.25) is 4.68 Å². The first-order valence-corrected chi connectivity index (χ1v) is 6.95. The maximum atomic E-state index is 13.2. The molecule has 0 bridgehead atoms. The summed E-state index contributed by atoms with van der Waals surface area (Å²) in [7, 11) is 1.85. The van der Waals surface area contributed by atoms with Crippen molar-refractivity contribution in [2.45, 2.75) is 25.9 Å². The lowest BCUT2D eigenvalue weighted by Gasteiger charge is -2.13. The topological polar surface area (TPSA) is 38.0 Å². The highest BCUT2D eigenvalue weighted by atomic mass is 79.9. The number of hydrogen-bond acceptors (Lipinski definition) is 2. The Labute approximate surface area is 120 Å². The Morgan fingerprint density at radius 3 is 2.79 bits per heavy atom. The summed E-state index contributed by atoms with van der Waals surface area (Å²) in [6, 6.07) is 6.29. The summed E-state index contributed by atoms with van der Waals surface area (Å²) < 4.78 is 15.7. The zero-order valence-electron chi connectivity index (χ0n) is 10.9. The molecule has 0 amide bonds. The molecule has 0 aliphatic carbocycles.